The van der Waals surface area contributed by atoms with Gasteiger partial charge in [-0.25, -0.2) is 0 Å². The smallest absolute Gasteiger partial charge is 0.411 e. The summed E-state index contributed by atoms with van der Waals surface area (Å²) in [6.45, 7) is 0. The molecule has 0 radical (unpaired) electrons. The zero-order valence-electron chi connectivity index (χ0n) is 8.20. The van der Waals surface area contributed by atoms with Gasteiger partial charge >= 0.3 is 6.18 Å². The lowest BCUT2D eigenvalue weighted by Crippen LogP contribution is -2.11. The highest BCUT2D eigenvalue weighted by Gasteiger charge is 2.34. The lowest BCUT2D eigenvalue weighted by Gasteiger charge is -2.08. The lowest BCUT2D eigenvalue weighted by molar-refractivity contribution is -0.137. The molecular weight excluding hydrogens is 221 g/mol. The van der Waals surface area contributed by atoms with Gasteiger partial charge in [-0.1, -0.05) is 5.16 Å². The summed E-state index contributed by atoms with van der Waals surface area (Å²) >= 11 is 0. The number of oxime groups is 1. The molecule has 86 valence electrons. The number of alkyl halides is 3. The lowest BCUT2D eigenvalue weighted by atomic mass is 10.1. The van der Waals surface area contributed by atoms with E-state index in [9.17, 15) is 13.2 Å². The van der Waals surface area contributed by atoms with Crippen LogP contribution in [-0.4, -0.2) is 15.9 Å². The molecule has 1 aliphatic rings. The van der Waals surface area contributed by atoms with Crippen LogP contribution >= 0.6 is 0 Å². The summed E-state index contributed by atoms with van der Waals surface area (Å²) in [7, 11) is 0. The maximum Gasteiger partial charge on any atom is 0.416 e. The molecule has 0 aromatic carbocycles. The Morgan fingerprint density at radius 2 is 2.12 bits per heavy atom. The third-order valence-electron chi connectivity index (χ3n) is 2.42. The number of hydrogen-bond acceptors (Lipinski definition) is 3. The predicted molar refractivity (Wildman–Crippen MR) is 50.3 cm³/mol. The molecule has 2 rings (SSSR count). The standard InChI is InChI=1S/C10H9F3N2O/c11-10(12,13)7-3-4-14-8(5-7)9(15-16)6-1-2-6/h3-6,16H,1-2H2. The predicted octanol–water partition coefficient (Wildman–Crippen LogP) is 2.69. The summed E-state index contributed by atoms with van der Waals surface area (Å²) in [6.07, 6.45) is -1.66. The van der Waals surface area contributed by atoms with Crippen molar-refractivity contribution in [3.05, 3.63) is 29.6 Å². The van der Waals surface area contributed by atoms with E-state index in [-0.39, 0.29) is 17.3 Å². The molecule has 1 N–H and O–H groups in total. The van der Waals surface area contributed by atoms with E-state index in [1.165, 1.54) is 0 Å². The van der Waals surface area contributed by atoms with Crippen molar-refractivity contribution in [1.82, 2.24) is 4.98 Å². The van der Waals surface area contributed by atoms with Gasteiger partial charge in [0.2, 0.25) is 0 Å². The second-order valence-corrected chi connectivity index (χ2v) is 3.69. The molecule has 1 heterocycles. The van der Waals surface area contributed by atoms with Gasteiger partial charge in [-0.05, 0) is 25.0 Å². The van der Waals surface area contributed by atoms with Gasteiger partial charge in [-0.2, -0.15) is 13.2 Å². The third-order valence-corrected chi connectivity index (χ3v) is 2.42. The van der Waals surface area contributed by atoms with E-state index in [0.717, 1.165) is 31.2 Å². The Bertz CT molecular complexity index is 424. The minimum absolute atomic E-state index is 0.0426. The van der Waals surface area contributed by atoms with Crippen LogP contribution in [0.3, 0.4) is 0 Å². The molecule has 1 aliphatic carbocycles. The van der Waals surface area contributed by atoms with Crippen molar-refractivity contribution in [2.45, 2.75) is 19.0 Å². The van der Waals surface area contributed by atoms with Gasteiger partial charge < -0.3 is 5.21 Å². The molecule has 1 saturated carbocycles. The van der Waals surface area contributed by atoms with E-state index < -0.39 is 11.7 Å². The van der Waals surface area contributed by atoms with Crippen LogP contribution in [0.15, 0.2) is 23.5 Å². The summed E-state index contributed by atoms with van der Waals surface area (Å²) in [5.41, 5.74) is -0.440. The topological polar surface area (TPSA) is 45.5 Å². The van der Waals surface area contributed by atoms with E-state index >= 15 is 0 Å². The van der Waals surface area contributed by atoms with Crippen molar-refractivity contribution in [3.8, 4) is 0 Å². The van der Waals surface area contributed by atoms with Crippen molar-refractivity contribution in [2.75, 3.05) is 0 Å². The maximum atomic E-state index is 12.4. The molecule has 1 aromatic rings. The Hall–Kier alpha value is -1.59. The van der Waals surface area contributed by atoms with E-state index in [1.807, 2.05) is 0 Å². The number of rotatable bonds is 2. The van der Waals surface area contributed by atoms with Crippen LogP contribution in [-0.2, 0) is 6.18 Å². The van der Waals surface area contributed by atoms with Crippen molar-refractivity contribution in [1.29, 1.82) is 0 Å². The Morgan fingerprint density at radius 3 is 2.62 bits per heavy atom. The monoisotopic (exact) mass is 230 g/mol. The molecule has 0 bridgehead atoms. The minimum atomic E-state index is -4.40. The second-order valence-electron chi connectivity index (χ2n) is 3.69. The van der Waals surface area contributed by atoms with Gasteiger partial charge in [0, 0.05) is 12.1 Å². The van der Waals surface area contributed by atoms with Gasteiger partial charge in [0.05, 0.1) is 11.3 Å². The third kappa shape index (κ3) is 2.15. The molecule has 0 saturated heterocycles. The van der Waals surface area contributed by atoms with Gasteiger partial charge in [-0.15, -0.1) is 0 Å². The zero-order chi connectivity index (χ0) is 11.8. The first-order chi connectivity index (χ1) is 7.52. The van der Waals surface area contributed by atoms with Gasteiger partial charge in [-0.3, -0.25) is 4.98 Å². The molecular formula is C10H9F3N2O. The SMILES string of the molecule is ON=C(c1cc(C(F)(F)F)ccn1)C1CC1. The summed E-state index contributed by atoms with van der Waals surface area (Å²) in [4.78, 5) is 3.79. The maximum absolute atomic E-state index is 12.4. The zero-order valence-corrected chi connectivity index (χ0v) is 8.20. The highest BCUT2D eigenvalue weighted by Crippen LogP contribution is 2.34. The highest BCUT2D eigenvalue weighted by molar-refractivity contribution is 6.01. The van der Waals surface area contributed by atoms with Crippen molar-refractivity contribution >= 4 is 5.71 Å². The van der Waals surface area contributed by atoms with Crippen LogP contribution in [0.5, 0.6) is 0 Å². The fourth-order valence-corrected chi connectivity index (χ4v) is 1.45. The number of hydrogen-bond donors (Lipinski definition) is 1. The first-order valence-electron chi connectivity index (χ1n) is 4.78. The molecule has 0 aliphatic heterocycles. The number of pyridine rings is 1. The van der Waals surface area contributed by atoms with Crippen molar-refractivity contribution in [2.24, 2.45) is 11.1 Å². The minimum Gasteiger partial charge on any atom is -0.411 e. The fraction of sp³-hybridized carbons (Fsp3) is 0.400. The Kier molecular flexibility index (Phi) is 2.57. The molecule has 0 atom stereocenters. The van der Waals surface area contributed by atoms with Crippen LogP contribution in [0.2, 0.25) is 0 Å². The van der Waals surface area contributed by atoms with Crippen molar-refractivity contribution < 1.29 is 18.4 Å². The molecule has 0 amide bonds. The van der Waals surface area contributed by atoms with Crippen LogP contribution in [0.25, 0.3) is 0 Å². The van der Waals surface area contributed by atoms with Crippen LogP contribution in [0.4, 0.5) is 13.2 Å². The summed E-state index contributed by atoms with van der Waals surface area (Å²) in [5, 5.41) is 11.8. The largest absolute Gasteiger partial charge is 0.416 e. The van der Waals surface area contributed by atoms with Crippen LogP contribution in [0.1, 0.15) is 24.1 Å². The van der Waals surface area contributed by atoms with Gasteiger partial charge in [0.15, 0.2) is 0 Å². The molecule has 0 unspecified atom stereocenters. The van der Waals surface area contributed by atoms with Crippen LogP contribution in [0, 0.1) is 5.92 Å². The summed E-state index contributed by atoms with van der Waals surface area (Å²) < 4.78 is 37.3. The number of nitrogens with zero attached hydrogens (tertiary/aromatic N) is 2. The molecule has 1 fully saturated rings. The Balaban J connectivity index is 2.35. The van der Waals surface area contributed by atoms with E-state index in [1.54, 1.807) is 0 Å². The van der Waals surface area contributed by atoms with Gasteiger partial charge in [0.25, 0.3) is 0 Å². The normalized spacial score (nSPS) is 17.6. The molecule has 3 nitrogen and oxygen atoms in total. The number of aromatic nitrogens is 1. The first kappa shape index (κ1) is 10.9. The van der Waals surface area contributed by atoms with Crippen molar-refractivity contribution in [3.63, 3.8) is 0 Å². The quantitative estimate of drug-likeness (QED) is 0.482. The fourth-order valence-electron chi connectivity index (χ4n) is 1.45. The summed E-state index contributed by atoms with van der Waals surface area (Å²) in [6, 6.07) is 1.80. The number of halogens is 3. The Morgan fingerprint density at radius 1 is 1.44 bits per heavy atom. The average Bonchev–Trinajstić information content (AvgIpc) is 3.02. The molecule has 1 aromatic heterocycles. The molecule has 6 heteroatoms. The average molecular weight is 230 g/mol. The molecule has 0 spiro atoms. The second kappa shape index (κ2) is 3.77. The van der Waals surface area contributed by atoms with Crippen LogP contribution < -0.4 is 0 Å². The van der Waals surface area contributed by atoms with E-state index in [2.05, 4.69) is 10.1 Å². The molecule has 16 heavy (non-hydrogen) atoms. The highest BCUT2D eigenvalue weighted by atomic mass is 19.4. The van der Waals surface area contributed by atoms with Gasteiger partial charge in [0.1, 0.15) is 5.71 Å². The summed E-state index contributed by atoms with van der Waals surface area (Å²) in [5.74, 6) is 0.0426. The first-order valence-corrected chi connectivity index (χ1v) is 4.78. The Labute approximate surface area is 89.6 Å². The van der Waals surface area contributed by atoms with E-state index in [0.29, 0.717) is 0 Å². The van der Waals surface area contributed by atoms with E-state index in [4.69, 9.17) is 5.21 Å².